The summed E-state index contributed by atoms with van der Waals surface area (Å²) in [4.78, 5) is 4.76. The van der Waals surface area contributed by atoms with Crippen molar-refractivity contribution in [2.75, 3.05) is 29.4 Å². The Hall–Kier alpha value is -6.72. The van der Waals surface area contributed by atoms with Gasteiger partial charge in [0.05, 0.1) is 11.4 Å². The monoisotopic (exact) mass is 818 g/mol. The molecule has 3 atom stereocenters. The number of nitrogens with zero attached hydrogens (tertiary/aromatic N) is 2. The topological polar surface area (TPSA) is 30.5 Å². The zero-order valence-electron chi connectivity index (χ0n) is 36.2. The quantitative estimate of drug-likeness (QED) is 0.160. The minimum atomic E-state index is -0.165. The van der Waals surface area contributed by atoms with Gasteiger partial charge in [-0.05, 0) is 142 Å². The Morgan fingerprint density at radius 2 is 1.00 bits per heavy atom. The van der Waals surface area contributed by atoms with Crippen LogP contribution in [-0.2, 0) is 5.41 Å². The third kappa shape index (κ3) is 7.33. The summed E-state index contributed by atoms with van der Waals surface area (Å²) in [5, 5.41) is 7.44. The number of fused-ring (bicyclic) bond motifs is 3. The smallest absolute Gasteiger partial charge is 0.0503 e. The zero-order chi connectivity index (χ0) is 42.3. The molecule has 0 saturated carbocycles. The first kappa shape index (κ1) is 39.1. The summed E-state index contributed by atoms with van der Waals surface area (Å²) >= 11 is 0. The molecule has 0 aromatic heterocycles. The number of benzene rings is 8. The van der Waals surface area contributed by atoms with Crippen LogP contribution in [0.15, 0.2) is 200 Å². The van der Waals surface area contributed by atoms with Crippen LogP contribution in [0.5, 0.6) is 0 Å². The summed E-state index contributed by atoms with van der Waals surface area (Å²) in [7, 11) is 0. The molecule has 2 N–H and O–H groups in total. The number of nitrogens with one attached hydrogen (secondary N) is 2. The average Bonchev–Trinajstić information content (AvgIpc) is 3.35. The summed E-state index contributed by atoms with van der Waals surface area (Å²) in [5.41, 5.74) is 18.3. The van der Waals surface area contributed by atoms with E-state index in [9.17, 15) is 0 Å². The van der Waals surface area contributed by atoms with E-state index >= 15 is 0 Å². The van der Waals surface area contributed by atoms with Gasteiger partial charge in [0.25, 0.3) is 0 Å². The fourth-order valence-corrected chi connectivity index (χ4v) is 10.7. The van der Waals surface area contributed by atoms with Crippen molar-refractivity contribution < 1.29 is 0 Å². The van der Waals surface area contributed by atoms with Crippen molar-refractivity contribution in [3.05, 3.63) is 217 Å². The van der Waals surface area contributed by atoms with Gasteiger partial charge >= 0.3 is 0 Å². The lowest BCUT2D eigenvalue weighted by Gasteiger charge is -2.42. The molecule has 8 aromatic rings. The molecule has 11 rings (SSSR count). The molecule has 3 aliphatic heterocycles. The SMILES string of the molecule is CC1(C)c2ccccc2N(c2ccccc2)c2ccc(-c3ccc(N(c4ccccc4)c4ccc(-c5ccc(-c6ccc(C7CNCC8NCCCC87)cc6)cc5)cc4)cc3)cc21. The van der Waals surface area contributed by atoms with Gasteiger partial charge in [0.1, 0.15) is 0 Å². The van der Waals surface area contributed by atoms with Crippen molar-refractivity contribution in [1.82, 2.24) is 10.6 Å². The molecule has 63 heavy (non-hydrogen) atoms. The highest BCUT2D eigenvalue weighted by Crippen LogP contribution is 2.52. The van der Waals surface area contributed by atoms with Crippen molar-refractivity contribution in [3.63, 3.8) is 0 Å². The van der Waals surface area contributed by atoms with Gasteiger partial charge in [-0.15, -0.1) is 0 Å². The van der Waals surface area contributed by atoms with E-state index in [2.05, 4.69) is 234 Å². The molecule has 0 amide bonds. The molecule has 0 aliphatic carbocycles. The van der Waals surface area contributed by atoms with Crippen molar-refractivity contribution in [3.8, 4) is 33.4 Å². The summed E-state index contributed by atoms with van der Waals surface area (Å²) in [6, 6.07) is 74.3. The van der Waals surface area contributed by atoms with Gasteiger partial charge in [-0.3, -0.25) is 0 Å². The van der Waals surface area contributed by atoms with E-state index in [1.165, 1.54) is 80.0 Å². The lowest BCUT2D eigenvalue weighted by molar-refractivity contribution is 0.196. The lowest BCUT2D eigenvalue weighted by Crippen LogP contribution is -2.55. The molecular weight excluding hydrogens is 765 g/mol. The second-order valence-corrected chi connectivity index (χ2v) is 18.1. The molecule has 310 valence electrons. The minimum absolute atomic E-state index is 0.165. The van der Waals surface area contributed by atoms with E-state index < -0.39 is 0 Å². The van der Waals surface area contributed by atoms with Gasteiger partial charge in [-0.2, -0.15) is 0 Å². The maximum Gasteiger partial charge on any atom is 0.0503 e. The number of piperidine rings is 2. The van der Waals surface area contributed by atoms with Crippen LogP contribution in [0.25, 0.3) is 33.4 Å². The lowest BCUT2D eigenvalue weighted by atomic mass is 9.73. The van der Waals surface area contributed by atoms with Crippen molar-refractivity contribution in [2.24, 2.45) is 5.92 Å². The Balaban J connectivity index is 0.843. The Bertz CT molecular complexity index is 2830. The van der Waals surface area contributed by atoms with Gasteiger partial charge in [-0.1, -0.05) is 147 Å². The predicted octanol–water partition coefficient (Wildman–Crippen LogP) is 14.3. The number of hydrogen-bond donors (Lipinski definition) is 2. The van der Waals surface area contributed by atoms with Crippen LogP contribution in [-0.4, -0.2) is 25.7 Å². The third-order valence-electron chi connectivity index (χ3n) is 14.1. The van der Waals surface area contributed by atoms with Crippen LogP contribution in [0.2, 0.25) is 0 Å². The molecule has 3 heterocycles. The van der Waals surface area contributed by atoms with E-state index in [0.717, 1.165) is 42.6 Å². The van der Waals surface area contributed by atoms with Crippen molar-refractivity contribution in [1.29, 1.82) is 0 Å². The van der Waals surface area contributed by atoms with E-state index in [1.807, 2.05) is 0 Å². The molecular formula is C59H54N4. The molecule has 8 aromatic carbocycles. The molecule has 4 nitrogen and oxygen atoms in total. The van der Waals surface area contributed by atoms with E-state index in [4.69, 9.17) is 0 Å². The Morgan fingerprint density at radius 3 is 1.65 bits per heavy atom. The highest BCUT2D eigenvalue weighted by atomic mass is 15.2. The van der Waals surface area contributed by atoms with Crippen LogP contribution >= 0.6 is 0 Å². The van der Waals surface area contributed by atoms with Gasteiger partial charge in [0.15, 0.2) is 0 Å². The first-order valence-electron chi connectivity index (χ1n) is 22.8. The average molecular weight is 819 g/mol. The van der Waals surface area contributed by atoms with Crippen LogP contribution < -0.4 is 20.4 Å². The summed E-state index contributed by atoms with van der Waals surface area (Å²) in [6.45, 7) is 8.03. The second-order valence-electron chi connectivity index (χ2n) is 18.1. The number of rotatable bonds is 8. The third-order valence-corrected chi connectivity index (χ3v) is 14.1. The largest absolute Gasteiger partial charge is 0.315 e. The van der Waals surface area contributed by atoms with Gasteiger partial charge in [-0.25, -0.2) is 0 Å². The summed E-state index contributed by atoms with van der Waals surface area (Å²) < 4.78 is 0. The minimum Gasteiger partial charge on any atom is -0.315 e. The van der Waals surface area contributed by atoms with Crippen LogP contribution in [0.3, 0.4) is 0 Å². The fourth-order valence-electron chi connectivity index (χ4n) is 10.7. The van der Waals surface area contributed by atoms with Crippen LogP contribution in [0, 0.1) is 5.92 Å². The van der Waals surface area contributed by atoms with Crippen LogP contribution in [0.4, 0.5) is 34.1 Å². The first-order chi connectivity index (χ1) is 31.0. The number of hydrogen-bond acceptors (Lipinski definition) is 4. The van der Waals surface area contributed by atoms with Gasteiger partial charge < -0.3 is 20.4 Å². The predicted molar refractivity (Wildman–Crippen MR) is 264 cm³/mol. The van der Waals surface area contributed by atoms with E-state index in [1.54, 1.807) is 0 Å². The van der Waals surface area contributed by atoms with Crippen LogP contribution in [0.1, 0.15) is 49.3 Å². The van der Waals surface area contributed by atoms with Gasteiger partial charge in [0, 0.05) is 53.2 Å². The molecule has 3 aliphatic rings. The second kappa shape index (κ2) is 16.5. The number of anilines is 6. The Labute approximate surface area is 372 Å². The molecule has 4 heteroatoms. The first-order valence-corrected chi connectivity index (χ1v) is 22.8. The highest BCUT2D eigenvalue weighted by molar-refractivity contribution is 5.88. The maximum atomic E-state index is 3.76. The van der Waals surface area contributed by atoms with Gasteiger partial charge in [0.2, 0.25) is 0 Å². The summed E-state index contributed by atoms with van der Waals surface area (Å²) in [5.74, 6) is 1.30. The van der Waals surface area contributed by atoms with Crippen molar-refractivity contribution in [2.45, 2.75) is 44.1 Å². The zero-order valence-corrected chi connectivity index (χ0v) is 36.2. The normalized spacial score (nSPS) is 18.8. The van der Waals surface area contributed by atoms with Crippen molar-refractivity contribution >= 4 is 34.1 Å². The molecule has 3 unspecified atom stereocenters. The fraction of sp³-hybridized carbons (Fsp3) is 0.186. The number of para-hydroxylation sites is 3. The molecule has 2 saturated heterocycles. The van der Waals surface area contributed by atoms with E-state index in [0.29, 0.717) is 12.0 Å². The molecule has 0 spiro atoms. The molecule has 2 fully saturated rings. The molecule has 0 bridgehead atoms. The Morgan fingerprint density at radius 1 is 0.492 bits per heavy atom. The standard InChI is InChI=1S/C59H54N4/c1-59(2)54-17-9-10-18-57(54)63(49-14-7-4-8-15-49)58-36-31-47(38-55(58)59)45-29-34-51(35-30-45)62(48-12-5-3-6-13-48)50-32-27-44(28-33-50)42-21-19-41(20-22-42)43-23-25-46(26-24-43)53-39-60-40-56-52(53)16-11-37-61-56/h3-10,12-15,17-36,38,52-53,56,60-61H,11,16,37,39-40H2,1-2H3. The highest BCUT2D eigenvalue weighted by Gasteiger charge is 2.37. The van der Waals surface area contributed by atoms with E-state index in [-0.39, 0.29) is 5.41 Å². The summed E-state index contributed by atoms with van der Waals surface area (Å²) in [6.07, 6.45) is 2.61. The Kier molecular flexibility index (Phi) is 10.3. The maximum absolute atomic E-state index is 3.76. The molecule has 0 radical (unpaired) electrons.